The third kappa shape index (κ3) is 15.6. The van der Waals surface area contributed by atoms with Gasteiger partial charge in [-0.05, 0) is 133 Å². The summed E-state index contributed by atoms with van der Waals surface area (Å²) in [6.45, 7) is 15.0. The van der Waals surface area contributed by atoms with Gasteiger partial charge in [0.15, 0.2) is 0 Å². The Labute approximate surface area is 501 Å². The molecule has 2 saturated carbocycles. The molecule has 440 valence electrons. The first-order valence-electron chi connectivity index (χ1n) is 27.6. The highest BCUT2D eigenvalue weighted by atomic mass is 32.1. The number of nitrogens with zero attached hydrogens (tertiary/aromatic N) is 6. The van der Waals surface area contributed by atoms with Crippen molar-refractivity contribution < 1.29 is 26.4 Å². The van der Waals surface area contributed by atoms with Crippen molar-refractivity contribution in [3.8, 4) is 33.9 Å². The zero-order valence-electron chi connectivity index (χ0n) is 47.0. The van der Waals surface area contributed by atoms with Gasteiger partial charge in [-0.2, -0.15) is 16.8 Å². The summed E-state index contributed by atoms with van der Waals surface area (Å²) < 4.78 is 43.3. The second-order valence-electron chi connectivity index (χ2n) is 21.3. The van der Waals surface area contributed by atoms with E-state index in [9.17, 15) is 4.79 Å². The van der Waals surface area contributed by atoms with E-state index < -0.39 is 34.8 Å². The van der Waals surface area contributed by atoms with Crippen LogP contribution >= 0.6 is 0 Å². The summed E-state index contributed by atoms with van der Waals surface area (Å²) in [7, 11) is 0. The molecule has 11 rings (SSSR count). The van der Waals surface area contributed by atoms with Gasteiger partial charge in [-0.3, -0.25) is 0 Å². The maximum Gasteiger partial charge on any atom is 0.407 e. The molecule has 18 heteroatoms. The fourth-order valence-corrected chi connectivity index (χ4v) is 11.7. The molecule has 0 unspecified atom stereocenters. The zero-order chi connectivity index (χ0) is 58.2. The maximum atomic E-state index is 12.7. The summed E-state index contributed by atoms with van der Waals surface area (Å²) in [5.74, 6) is 1.26. The number of nitrogens with one attached hydrogen (secondary N) is 3. The molecular weight excluding hydrogens is 1090 g/mol. The number of hydrogen-bond donors (Lipinski definition) is 4. The number of nitrogens with two attached hydrogens (primary N) is 1. The summed E-state index contributed by atoms with van der Waals surface area (Å²) in [5.41, 5.74) is 19.9. The Morgan fingerprint density at radius 1 is 0.667 bits per heavy atom. The first-order chi connectivity index (χ1) is 39.7. The van der Waals surface area contributed by atoms with Gasteiger partial charge >= 0.3 is 29.2 Å². The van der Waals surface area contributed by atoms with Crippen molar-refractivity contribution in [3.63, 3.8) is 0 Å². The molecule has 16 nitrogen and oxygen atoms in total. The fraction of sp³-hybridized carbons (Fsp3) is 0.318. The Kier molecular flexibility index (Phi) is 23.3. The number of benzene rings is 5. The van der Waals surface area contributed by atoms with Gasteiger partial charge in [0, 0.05) is 85.8 Å². The highest BCUT2D eigenvalue weighted by molar-refractivity contribution is 7.52. The van der Waals surface area contributed by atoms with Crippen LogP contribution in [0.4, 0.5) is 16.7 Å². The molecule has 0 bridgehead atoms. The molecule has 0 spiro atoms. The van der Waals surface area contributed by atoms with E-state index >= 15 is 0 Å². The van der Waals surface area contributed by atoms with Crippen LogP contribution in [0, 0.1) is 13.8 Å². The van der Waals surface area contributed by atoms with E-state index in [1.54, 1.807) is 0 Å². The molecule has 4 aromatic heterocycles. The highest BCUT2D eigenvalue weighted by Crippen LogP contribution is 2.40. The van der Waals surface area contributed by atoms with E-state index in [1.807, 2.05) is 54.9 Å². The van der Waals surface area contributed by atoms with E-state index in [2.05, 4.69) is 179 Å². The number of anilines is 2. The molecule has 2 fully saturated rings. The van der Waals surface area contributed by atoms with Crippen molar-refractivity contribution >= 4 is 69.0 Å². The number of fused-ring (bicyclic) bond motifs is 2. The number of ether oxygens (including phenoxy) is 1. The van der Waals surface area contributed by atoms with Crippen LogP contribution in [0.3, 0.4) is 0 Å². The van der Waals surface area contributed by atoms with Crippen LogP contribution in [0.2, 0.25) is 0 Å². The lowest BCUT2D eigenvalue weighted by Crippen LogP contribution is -2.51. The minimum Gasteiger partial charge on any atom is -0.445 e. The number of amides is 1. The number of hydrogen-bond acceptors (Lipinski definition) is 13. The average molecular weight is 1170 g/mol. The number of rotatable bonds is 13. The van der Waals surface area contributed by atoms with Gasteiger partial charge in [0.25, 0.3) is 0 Å². The second-order valence-corrected chi connectivity index (χ2v) is 21.6. The number of aromatic nitrogens is 6. The topological polar surface area (TPSA) is 218 Å². The lowest BCUT2D eigenvalue weighted by Gasteiger charge is -2.38. The van der Waals surface area contributed by atoms with Gasteiger partial charge in [0.1, 0.15) is 6.61 Å². The molecule has 9 aromatic rings. The molecule has 0 aliphatic heterocycles. The largest absolute Gasteiger partial charge is 0.445 e. The normalized spacial score (nSPS) is 17.8. The molecule has 4 heterocycles. The molecule has 1 amide bonds. The summed E-state index contributed by atoms with van der Waals surface area (Å²) >= 11 is -1.50. The Hall–Kier alpha value is -8.45. The van der Waals surface area contributed by atoms with E-state index in [1.165, 1.54) is 22.2 Å². The summed E-state index contributed by atoms with van der Waals surface area (Å²) in [6.07, 6.45) is 13.9. The third-order valence-corrected chi connectivity index (χ3v) is 15.3. The van der Waals surface area contributed by atoms with Gasteiger partial charge in [-0.15, -0.1) is 0 Å². The number of para-hydroxylation sites is 4. The average Bonchev–Trinajstić information content (AvgIpc) is 1.98. The summed E-state index contributed by atoms with van der Waals surface area (Å²) in [5, 5.41) is 12.6. The first kappa shape index (κ1) is 64.7. The Balaban J connectivity index is 0.000000247. The van der Waals surface area contributed by atoms with Gasteiger partial charge in [-0.1, -0.05) is 138 Å². The molecule has 84 heavy (non-hydrogen) atoms. The van der Waals surface area contributed by atoms with E-state index in [0.717, 1.165) is 119 Å². The van der Waals surface area contributed by atoms with Crippen molar-refractivity contribution in [1.29, 1.82) is 0 Å². The van der Waals surface area contributed by atoms with Crippen molar-refractivity contribution in [1.82, 2.24) is 34.4 Å². The molecule has 5 aromatic carbocycles. The van der Waals surface area contributed by atoms with Crippen LogP contribution in [-0.4, -0.2) is 75.2 Å². The van der Waals surface area contributed by atoms with E-state index in [4.69, 9.17) is 37.3 Å². The predicted octanol–water partition coefficient (Wildman–Crippen LogP) is 14.0. The third-order valence-electron chi connectivity index (χ3n) is 15.3. The lowest BCUT2D eigenvalue weighted by molar-refractivity contribution is 0.120. The van der Waals surface area contributed by atoms with Gasteiger partial charge in [0.2, 0.25) is 11.9 Å². The maximum absolute atomic E-state index is 12.7. The summed E-state index contributed by atoms with van der Waals surface area (Å²) in [4.78, 5) is 32.2. The number of carbonyl (C=O) groups is 1. The molecular formula is C66H78N10O6S2. The van der Waals surface area contributed by atoms with Crippen LogP contribution in [-0.2, 0) is 40.9 Å². The molecule has 0 saturated heterocycles. The van der Waals surface area contributed by atoms with Crippen LogP contribution in [0.25, 0.3) is 61.8 Å². The van der Waals surface area contributed by atoms with Crippen molar-refractivity contribution in [2.45, 2.75) is 137 Å². The van der Waals surface area contributed by atoms with Crippen LogP contribution < -0.4 is 21.7 Å². The molecule has 5 N–H and O–H groups in total. The smallest absolute Gasteiger partial charge is 0.407 e. The number of carbonyl (C=O) groups excluding carboxylic acids is 1. The van der Waals surface area contributed by atoms with Crippen molar-refractivity contribution in [2.24, 2.45) is 5.73 Å². The van der Waals surface area contributed by atoms with Crippen molar-refractivity contribution in [2.75, 3.05) is 10.6 Å². The van der Waals surface area contributed by atoms with Crippen LogP contribution in [0.1, 0.15) is 115 Å². The monoisotopic (exact) mass is 1170 g/mol. The van der Waals surface area contributed by atoms with Gasteiger partial charge < -0.3 is 35.6 Å². The van der Waals surface area contributed by atoms with Crippen LogP contribution in [0.5, 0.6) is 0 Å². The Morgan fingerprint density at radius 2 is 1.12 bits per heavy atom. The SMILES string of the molecule is C.C.C=Cc1cnc(N[C@@H]2CCC[C@](C)(NC(=O)OCc3ccccc3)C2)nc1-c1c(C)n(-c2ccccc2)c2ccccc12.CCc1cnc(N[C@@H]2CCC[C@](C)(N)C2)nc1-c1c(C)n(-c2ccccc2)c2ccccc12.O=S=O.O=S=O. The highest BCUT2D eigenvalue weighted by Gasteiger charge is 2.35. The minimum atomic E-state index is -0.750. The number of aryl methyl sites for hydroxylation is 1. The standard InChI is InChI=1S/C36H37N5O2.C28H33N5.2CH4.2O2S/c1-4-27-23-37-34(38-28-16-13-21-36(3,22-28)40-35(42)43-24-26-14-7-5-8-15-26)39-33(27)32-25(2)41(29-17-9-6-10-18-29)31-20-12-11-19-30(31)32;1-4-20-18-30-27(31-21-11-10-16-28(3,29)17-21)32-26(20)25-19(2)33(22-12-6-5-7-13-22)24-15-9-8-14-23(24)25;;;2*1-3-2/h4-12,14-15,17-20,23,28H,1,13,16,21-22,24H2,2-3H3,(H,40,42)(H,37,38,39);5-9,12-15,18,21H,4,10-11,16-17,29H2,1-3H3,(H,30,31,32);2*1H4;;/t28-,36+;21-,28+;;;;/m11..../s1. The van der Waals surface area contributed by atoms with E-state index in [0.29, 0.717) is 17.9 Å². The Bertz CT molecular complexity index is 3700. The van der Waals surface area contributed by atoms with Gasteiger partial charge in [-0.25, -0.2) is 24.7 Å². The van der Waals surface area contributed by atoms with Crippen LogP contribution in [0.15, 0.2) is 158 Å². The van der Waals surface area contributed by atoms with Crippen molar-refractivity contribution in [3.05, 3.63) is 187 Å². The Morgan fingerprint density at radius 3 is 1.63 bits per heavy atom. The second kappa shape index (κ2) is 30.2. The minimum absolute atomic E-state index is 0. The fourth-order valence-electron chi connectivity index (χ4n) is 11.7. The number of alkyl carbamates (subject to hydrolysis) is 1. The first-order valence-corrected chi connectivity index (χ1v) is 28.9. The predicted molar refractivity (Wildman–Crippen MR) is 341 cm³/mol. The van der Waals surface area contributed by atoms with Gasteiger partial charge in [0.05, 0.1) is 22.4 Å². The molecule has 2 aliphatic rings. The summed E-state index contributed by atoms with van der Waals surface area (Å²) in [6, 6.07) is 48.1. The van der Waals surface area contributed by atoms with E-state index in [-0.39, 0.29) is 33.0 Å². The molecule has 4 atom stereocenters. The molecule has 2 aliphatic carbocycles. The lowest BCUT2D eigenvalue weighted by atomic mass is 9.80. The zero-order valence-corrected chi connectivity index (χ0v) is 48.6. The quantitative estimate of drug-likeness (QED) is 0.0845. The molecule has 0 radical (unpaired) electrons.